The SMILES string of the molecule is COC(=O)Cc1ccc(C#CCCC2CCCCC2)cc1. The standard InChI is InChI=1S/C19H24O2/c1-21-19(20)15-18-13-11-17(12-14-18)10-6-5-9-16-7-3-2-4-8-16/h11-14,16H,2-5,7-9,15H2,1H3. The zero-order valence-corrected chi connectivity index (χ0v) is 12.9. The van der Waals surface area contributed by atoms with Gasteiger partial charge >= 0.3 is 5.97 Å². The summed E-state index contributed by atoms with van der Waals surface area (Å²) < 4.78 is 4.65. The molecule has 1 fully saturated rings. The van der Waals surface area contributed by atoms with Crippen molar-refractivity contribution in [2.45, 2.75) is 51.4 Å². The van der Waals surface area contributed by atoms with E-state index < -0.39 is 0 Å². The van der Waals surface area contributed by atoms with Gasteiger partial charge in [-0.3, -0.25) is 4.79 Å². The lowest BCUT2D eigenvalue weighted by Crippen LogP contribution is -2.05. The van der Waals surface area contributed by atoms with Gasteiger partial charge in [-0.15, -0.1) is 0 Å². The van der Waals surface area contributed by atoms with Crippen LogP contribution in [-0.4, -0.2) is 13.1 Å². The van der Waals surface area contributed by atoms with Crippen molar-refractivity contribution in [2.75, 3.05) is 7.11 Å². The number of ether oxygens (including phenoxy) is 1. The topological polar surface area (TPSA) is 26.3 Å². The molecule has 21 heavy (non-hydrogen) atoms. The summed E-state index contributed by atoms with van der Waals surface area (Å²) in [5, 5.41) is 0. The van der Waals surface area contributed by atoms with Crippen LogP contribution in [0.1, 0.15) is 56.1 Å². The van der Waals surface area contributed by atoms with Crippen molar-refractivity contribution >= 4 is 5.97 Å². The Morgan fingerprint density at radius 2 is 1.90 bits per heavy atom. The predicted molar refractivity (Wildman–Crippen MR) is 84.8 cm³/mol. The first-order valence-electron chi connectivity index (χ1n) is 7.92. The van der Waals surface area contributed by atoms with E-state index in [9.17, 15) is 4.79 Å². The molecular weight excluding hydrogens is 260 g/mol. The first-order chi connectivity index (χ1) is 10.3. The molecule has 2 rings (SSSR count). The lowest BCUT2D eigenvalue weighted by atomic mass is 9.86. The molecule has 1 aromatic rings. The molecule has 0 bridgehead atoms. The molecule has 0 saturated heterocycles. The average Bonchev–Trinajstić information content (AvgIpc) is 2.54. The second-order valence-electron chi connectivity index (χ2n) is 5.79. The highest BCUT2D eigenvalue weighted by atomic mass is 16.5. The maximum absolute atomic E-state index is 11.2. The minimum Gasteiger partial charge on any atom is -0.469 e. The van der Waals surface area contributed by atoms with E-state index in [0.29, 0.717) is 6.42 Å². The number of benzene rings is 1. The minimum atomic E-state index is -0.207. The van der Waals surface area contributed by atoms with Crippen LogP contribution in [-0.2, 0) is 16.0 Å². The zero-order chi connectivity index (χ0) is 14.9. The number of carbonyl (C=O) groups is 1. The van der Waals surface area contributed by atoms with Gasteiger partial charge < -0.3 is 4.74 Å². The smallest absolute Gasteiger partial charge is 0.309 e. The molecule has 2 heteroatoms. The highest BCUT2D eigenvalue weighted by Gasteiger charge is 2.11. The van der Waals surface area contributed by atoms with Crippen molar-refractivity contribution in [1.82, 2.24) is 0 Å². The van der Waals surface area contributed by atoms with E-state index in [2.05, 4.69) is 16.6 Å². The molecule has 0 N–H and O–H groups in total. The highest BCUT2D eigenvalue weighted by Crippen LogP contribution is 2.26. The largest absolute Gasteiger partial charge is 0.469 e. The summed E-state index contributed by atoms with van der Waals surface area (Å²) >= 11 is 0. The molecular formula is C19H24O2. The van der Waals surface area contributed by atoms with E-state index in [4.69, 9.17) is 0 Å². The third-order valence-electron chi connectivity index (χ3n) is 4.17. The molecule has 1 aliphatic carbocycles. The first kappa shape index (κ1) is 15.6. The fourth-order valence-electron chi connectivity index (χ4n) is 2.86. The van der Waals surface area contributed by atoms with Crippen molar-refractivity contribution in [3.05, 3.63) is 35.4 Å². The van der Waals surface area contributed by atoms with Gasteiger partial charge in [0.05, 0.1) is 13.5 Å². The van der Waals surface area contributed by atoms with Gasteiger partial charge in [-0.1, -0.05) is 56.1 Å². The Balaban J connectivity index is 1.77. The van der Waals surface area contributed by atoms with E-state index in [1.165, 1.54) is 45.6 Å². The van der Waals surface area contributed by atoms with Crippen LogP contribution in [0.5, 0.6) is 0 Å². The van der Waals surface area contributed by atoms with Gasteiger partial charge in [-0.2, -0.15) is 0 Å². The molecule has 1 aromatic carbocycles. The third-order valence-corrected chi connectivity index (χ3v) is 4.17. The van der Waals surface area contributed by atoms with Crippen LogP contribution < -0.4 is 0 Å². The molecule has 1 aliphatic rings. The minimum absolute atomic E-state index is 0.207. The van der Waals surface area contributed by atoms with E-state index in [1.54, 1.807) is 0 Å². The quantitative estimate of drug-likeness (QED) is 0.614. The predicted octanol–water partition coefficient (Wildman–Crippen LogP) is 4.11. The summed E-state index contributed by atoms with van der Waals surface area (Å²) in [5.41, 5.74) is 1.99. The summed E-state index contributed by atoms with van der Waals surface area (Å²) in [6, 6.07) is 7.85. The van der Waals surface area contributed by atoms with Crippen LogP contribution in [0.25, 0.3) is 0 Å². The lowest BCUT2D eigenvalue weighted by Gasteiger charge is -2.20. The molecule has 112 valence electrons. The van der Waals surface area contributed by atoms with Crippen LogP contribution in [0.3, 0.4) is 0 Å². The maximum Gasteiger partial charge on any atom is 0.309 e. The number of rotatable bonds is 4. The van der Waals surface area contributed by atoms with Gasteiger partial charge in [-0.25, -0.2) is 0 Å². The summed E-state index contributed by atoms with van der Waals surface area (Å²) in [7, 11) is 1.41. The summed E-state index contributed by atoms with van der Waals surface area (Å²) in [5.74, 6) is 7.18. The molecule has 1 saturated carbocycles. The fraction of sp³-hybridized carbons (Fsp3) is 0.526. The first-order valence-corrected chi connectivity index (χ1v) is 7.92. The van der Waals surface area contributed by atoms with Gasteiger partial charge in [0.1, 0.15) is 0 Å². The molecule has 0 heterocycles. The van der Waals surface area contributed by atoms with Crippen LogP contribution in [0, 0.1) is 17.8 Å². The van der Waals surface area contributed by atoms with Crippen molar-refractivity contribution in [2.24, 2.45) is 5.92 Å². The van der Waals surface area contributed by atoms with Crippen LogP contribution >= 0.6 is 0 Å². The van der Waals surface area contributed by atoms with Crippen molar-refractivity contribution in [1.29, 1.82) is 0 Å². The zero-order valence-electron chi connectivity index (χ0n) is 12.9. The molecule has 0 aliphatic heterocycles. The van der Waals surface area contributed by atoms with E-state index in [-0.39, 0.29) is 5.97 Å². The highest BCUT2D eigenvalue weighted by molar-refractivity contribution is 5.72. The molecule has 0 unspecified atom stereocenters. The normalized spacial score (nSPS) is 15.1. The Labute approximate surface area is 127 Å². The Morgan fingerprint density at radius 3 is 2.57 bits per heavy atom. The molecule has 0 spiro atoms. The molecule has 0 amide bonds. The number of carbonyl (C=O) groups excluding carboxylic acids is 1. The fourth-order valence-corrected chi connectivity index (χ4v) is 2.86. The second-order valence-corrected chi connectivity index (χ2v) is 5.79. The summed E-state index contributed by atoms with van der Waals surface area (Å²) in [6.07, 6.45) is 9.57. The molecule has 0 aromatic heterocycles. The van der Waals surface area contributed by atoms with Crippen LogP contribution in [0.15, 0.2) is 24.3 Å². The van der Waals surface area contributed by atoms with Gasteiger partial charge in [0.25, 0.3) is 0 Å². The van der Waals surface area contributed by atoms with E-state index in [1.807, 2.05) is 24.3 Å². The van der Waals surface area contributed by atoms with Crippen LogP contribution in [0.4, 0.5) is 0 Å². The van der Waals surface area contributed by atoms with Gasteiger partial charge in [-0.05, 0) is 30.0 Å². The van der Waals surface area contributed by atoms with Gasteiger partial charge in [0.2, 0.25) is 0 Å². The Morgan fingerprint density at radius 1 is 1.19 bits per heavy atom. The Bertz CT molecular complexity index is 499. The maximum atomic E-state index is 11.2. The molecule has 0 atom stereocenters. The number of esters is 1. The van der Waals surface area contributed by atoms with E-state index in [0.717, 1.165) is 23.5 Å². The number of hydrogen-bond donors (Lipinski definition) is 0. The van der Waals surface area contributed by atoms with Gasteiger partial charge in [0, 0.05) is 12.0 Å². The summed E-state index contributed by atoms with van der Waals surface area (Å²) in [6.45, 7) is 0. The van der Waals surface area contributed by atoms with Crippen molar-refractivity contribution in [3.8, 4) is 11.8 Å². The van der Waals surface area contributed by atoms with Crippen LogP contribution in [0.2, 0.25) is 0 Å². The second kappa shape index (κ2) is 8.52. The molecule has 2 nitrogen and oxygen atoms in total. The molecule has 0 radical (unpaired) electrons. The summed E-state index contributed by atoms with van der Waals surface area (Å²) in [4.78, 5) is 11.2. The Hall–Kier alpha value is -1.75. The Kier molecular flexibility index (Phi) is 6.34. The number of hydrogen-bond acceptors (Lipinski definition) is 2. The monoisotopic (exact) mass is 284 g/mol. The number of methoxy groups -OCH3 is 1. The average molecular weight is 284 g/mol. The van der Waals surface area contributed by atoms with Crippen molar-refractivity contribution in [3.63, 3.8) is 0 Å². The lowest BCUT2D eigenvalue weighted by molar-refractivity contribution is -0.139. The van der Waals surface area contributed by atoms with E-state index >= 15 is 0 Å². The van der Waals surface area contributed by atoms with Crippen molar-refractivity contribution < 1.29 is 9.53 Å². The van der Waals surface area contributed by atoms with Gasteiger partial charge in [0.15, 0.2) is 0 Å². The third kappa shape index (κ3) is 5.63.